The van der Waals surface area contributed by atoms with Gasteiger partial charge in [0.1, 0.15) is 25.0 Å². The molecule has 1 aliphatic rings. The number of hydrogen-bond donors (Lipinski definition) is 0. The van der Waals surface area contributed by atoms with Gasteiger partial charge in [-0.15, -0.1) is 10.2 Å². The van der Waals surface area contributed by atoms with Crippen LogP contribution in [0.1, 0.15) is 48.7 Å². The maximum Gasteiger partial charge on any atom is 0.225 e. The zero-order valence-electron chi connectivity index (χ0n) is 16.1. The van der Waals surface area contributed by atoms with Gasteiger partial charge in [-0.2, -0.15) is 5.10 Å². The van der Waals surface area contributed by atoms with Crippen LogP contribution in [0.4, 0.5) is 5.95 Å². The number of rotatable bonds is 5. The second-order valence-electron chi connectivity index (χ2n) is 7.02. The monoisotopic (exact) mass is 367 g/mol. The van der Waals surface area contributed by atoms with E-state index < -0.39 is 0 Å². The summed E-state index contributed by atoms with van der Waals surface area (Å²) in [5.41, 5.74) is 2.03. The SMILES string of the molecule is CCn1c(Cn2cncn2)nnc1C1CCN(c2nc(C)cc(C)n2)CC1. The number of hydrogen-bond acceptors (Lipinski definition) is 7. The van der Waals surface area contributed by atoms with Gasteiger partial charge in [0.05, 0.1) is 0 Å². The summed E-state index contributed by atoms with van der Waals surface area (Å²) < 4.78 is 4.00. The molecule has 4 heterocycles. The van der Waals surface area contributed by atoms with E-state index in [0.29, 0.717) is 12.5 Å². The smallest absolute Gasteiger partial charge is 0.225 e. The summed E-state index contributed by atoms with van der Waals surface area (Å²) in [7, 11) is 0. The van der Waals surface area contributed by atoms with Gasteiger partial charge in [-0.05, 0) is 39.7 Å². The first kappa shape index (κ1) is 17.6. The summed E-state index contributed by atoms with van der Waals surface area (Å²) in [6.45, 7) is 9.49. The van der Waals surface area contributed by atoms with Gasteiger partial charge >= 0.3 is 0 Å². The standard InChI is InChI=1S/C18H25N9/c1-4-27-16(10-26-12-19-11-20-26)23-24-17(27)15-5-7-25(8-6-15)18-21-13(2)9-14(3)22-18/h9,11-12,15H,4-8,10H2,1-3H3. The fourth-order valence-corrected chi connectivity index (χ4v) is 3.76. The zero-order chi connectivity index (χ0) is 18.8. The van der Waals surface area contributed by atoms with Crippen molar-refractivity contribution in [3.05, 3.63) is 41.8 Å². The maximum atomic E-state index is 4.60. The lowest BCUT2D eigenvalue weighted by Gasteiger charge is -2.32. The van der Waals surface area contributed by atoms with Gasteiger partial charge in [0, 0.05) is 36.9 Å². The molecular formula is C18H25N9. The van der Waals surface area contributed by atoms with E-state index in [2.05, 4.69) is 46.6 Å². The summed E-state index contributed by atoms with van der Waals surface area (Å²) >= 11 is 0. The van der Waals surface area contributed by atoms with Crippen molar-refractivity contribution in [3.63, 3.8) is 0 Å². The first-order valence-electron chi connectivity index (χ1n) is 9.45. The summed E-state index contributed by atoms with van der Waals surface area (Å²) in [5, 5.41) is 13.1. The first-order chi connectivity index (χ1) is 13.1. The molecule has 0 N–H and O–H groups in total. The Hall–Kier alpha value is -2.84. The molecule has 0 unspecified atom stereocenters. The van der Waals surface area contributed by atoms with Crippen molar-refractivity contribution in [2.75, 3.05) is 18.0 Å². The Balaban J connectivity index is 1.47. The molecule has 0 atom stereocenters. The third kappa shape index (κ3) is 3.67. The Morgan fingerprint density at radius 3 is 2.44 bits per heavy atom. The summed E-state index contributed by atoms with van der Waals surface area (Å²) in [6, 6.07) is 2.01. The Labute approximate surface area is 158 Å². The number of aryl methyl sites for hydroxylation is 2. The van der Waals surface area contributed by atoms with Crippen LogP contribution in [-0.4, -0.2) is 52.6 Å². The molecule has 0 saturated carbocycles. The molecule has 4 rings (SSSR count). The lowest BCUT2D eigenvalue weighted by Crippen LogP contribution is -2.35. The van der Waals surface area contributed by atoms with Crippen LogP contribution in [-0.2, 0) is 13.1 Å². The summed E-state index contributed by atoms with van der Waals surface area (Å²) in [6.07, 6.45) is 5.30. The third-order valence-electron chi connectivity index (χ3n) is 5.06. The fourth-order valence-electron chi connectivity index (χ4n) is 3.76. The Bertz CT molecular complexity index is 871. The maximum absolute atomic E-state index is 4.60. The van der Waals surface area contributed by atoms with Crippen LogP contribution in [0.2, 0.25) is 0 Å². The van der Waals surface area contributed by atoms with Crippen LogP contribution >= 0.6 is 0 Å². The van der Waals surface area contributed by atoms with Crippen molar-refractivity contribution >= 4 is 5.95 Å². The highest BCUT2D eigenvalue weighted by atomic mass is 15.4. The van der Waals surface area contributed by atoms with Crippen molar-refractivity contribution < 1.29 is 0 Å². The lowest BCUT2D eigenvalue weighted by atomic mass is 9.96. The molecule has 3 aromatic rings. The van der Waals surface area contributed by atoms with Gasteiger partial charge in [0.2, 0.25) is 5.95 Å². The molecule has 0 aliphatic carbocycles. The van der Waals surface area contributed by atoms with Gasteiger partial charge in [-0.1, -0.05) is 0 Å². The van der Waals surface area contributed by atoms with Crippen LogP contribution in [0, 0.1) is 13.8 Å². The minimum atomic E-state index is 0.407. The van der Waals surface area contributed by atoms with Crippen LogP contribution in [0.25, 0.3) is 0 Å². The molecule has 142 valence electrons. The van der Waals surface area contributed by atoms with E-state index in [0.717, 1.165) is 61.5 Å². The molecule has 0 bridgehead atoms. The Kier molecular flexibility index (Phi) is 4.83. The van der Waals surface area contributed by atoms with E-state index in [9.17, 15) is 0 Å². The van der Waals surface area contributed by atoms with E-state index in [4.69, 9.17) is 0 Å². The topological polar surface area (TPSA) is 90.4 Å². The predicted octanol–water partition coefficient (Wildman–Crippen LogP) is 1.73. The summed E-state index contributed by atoms with van der Waals surface area (Å²) in [5.74, 6) is 3.26. The normalized spacial score (nSPS) is 15.4. The molecule has 0 aromatic carbocycles. The number of anilines is 1. The number of aromatic nitrogens is 8. The highest BCUT2D eigenvalue weighted by Crippen LogP contribution is 2.29. The molecule has 1 fully saturated rings. The second-order valence-corrected chi connectivity index (χ2v) is 7.02. The highest BCUT2D eigenvalue weighted by molar-refractivity contribution is 5.33. The van der Waals surface area contributed by atoms with Gasteiger partial charge in [0.25, 0.3) is 0 Å². The van der Waals surface area contributed by atoms with Crippen molar-refractivity contribution in [2.45, 2.75) is 52.6 Å². The first-order valence-corrected chi connectivity index (χ1v) is 9.45. The minimum absolute atomic E-state index is 0.407. The van der Waals surface area contributed by atoms with Crippen molar-refractivity contribution in [1.29, 1.82) is 0 Å². The molecule has 0 spiro atoms. The van der Waals surface area contributed by atoms with Crippen LogP contribution < -0.4 is 4.90 Å². The van der Waals surface area contributed by atoms with Gasteiger partial charge in [-0.3, -0.25) is 0 Å². The van der Waals surface area contributed by atoms with E-state index in [1.807, 2.05) is 19.9 Å². The molecule has 9 heteroatoms. The average Bonchev–Trinajstić information content (AvgIpc) is 3.31. The average molecular weight is 367 g/mol. The van der Waals surface area contributed by atoms with Crippen molar-refractivity contribution in [1.82, 2.24) is 39.5 Å². The van der Waals surface area contributed by atoms with Gasteiger partial charge in [-0.25, -0.2) is 19.6 Å². The number of nitrogens with zero attached hydrogens (tertiary/aromatic N) is 9. The van der Waals surface area contributed by atoms with Crippen LogP contribution in [0.3, 0.4) is 0 Å². The van der Waals surface area contributed by atoms with Crippen molar-refractivity contribution in [3.8, 4) is 0 Å². The van der Waals surface area contributed by atoms with E-state index in [1.165, 1.54) is 0 Å². The molecular weight excluding hydrogens is 342 g/mol. The van der Waals surface area contributed by atoms with Gasteiger partial charge in [0.15, 0.2) is 5.82 Å². The molecule has 27 heavy (non-hydrogen) atoms. The fraction of sp³-hybridized carbons (Fsp3) is 0.556. The largest absolute Gasteiger partial charge is 0.341 e. The molecule has 0 radical (unpaired) electrons. The molecule has 3 aromatic heterocycles. The van der Waals surface area contributed by atoms with E-state index in [1.54, 1.807) is 17.3 Å². The third-order valence-corrected chi connectivity index (χ3v) is 5.06. The lowest BCUT2D eigenvalue weighted by molar-refractivity contribution is 0.458. The Morgan fingerprint density at radius 1 is 1.07 bits per heavy atom. The molecule has 9 nitrogen and oxygen atoms in total. The summed E-state index contributed by atoms with van der Waals surface area (Å²) in [4.78, 5) is 15.5. The predicted molar refractivity (Wildman–Crippen MR) is 101 cm³/mol. The van der Waals surface area contributed by atoms with E-state index in [-0.39, 0.29) is 0 Å². The molecule has 1 saturated heterocycles. The number of piperidine rings is 1. The minimum Gasteiger partial charge on any atom is -0.341 e. The second kappa shape index (κ2) is 7.42. The zero-order valence-corrected chi connectivity index (χ0v) is 16.1. The van der Waals surface area contributed by atoms with E-state index >= 15 is 0 Å². The van der Waals surface area contributed by atoms with Gasteiger partial charge < -0.3 is 9.47 Å². The van der Waals surface area contributed by atoms with Crippen LogP contribution in [0.15, 0.2) is 18.7 Å². The quantitative estimate of drug-likeness (QED) is 0.678. The van der Waals surface area contributed by atoms with Crippen LogP contribution in [0.5, 0.6) is 0 Å². The van der Waals surface area contributed by atoms with Crippen molar-refractivity contribution in [2.24, 2.45) is 0 Å². The molecule has 1 aliphatic heterocycles. The highest BCUT2D eigenvalue weighted by Gasteiger charge is 2.27. The Morgan fingerprint density at radius 2 is 1.81 bits per heavy atom. The molecule has 0 amide bonds.